The number of carbonyl (C=O) groups excluding carboxylic acids is 2. The SMILES string of the molecule is CC(=O)N[C@H]1C[C@@H](c2cccc(NC(=O)c3cc(C(C)C)[nH]n3)c2)O[C@@H](C(C)C)C1. The molecule has 3 atom stereocenters. The maximum absolute atomic E-state index is 12.6. The first kappa shape index (κ1) is 22.0. The number of aromatic nitrogens is 2. The second kappa shape index (κ2) is 9.43. The van der Waals surface area contributed by atoms with Crippen LogP contribution < -0.4 is 10.6 Å². The summed E-state index contributed by atoms with van der Waals surface area (Å²) >= 11 is 0. The molecule has 2 amide bonds. The summed E-state index contributed by atoms with van der Waals surface area (Å²) in [4.78, 5) is 24.2. The first-order valence-corrected chi connectivity index (χ1v) is 10.6. The van der Waals surface area contributed by atoms with Crippen molar-refractivity contribution < 1.29 is 14.3 Å². The number of hydrogen-bond acceptors (Lipinski definition) is 4. The third-order valence-corrected chi connectivity index (χ3v) is 5.47. The molecule has 162 valence electrons. The second-order valence-corrected chi connectivity index (χ2v) is 8.72. The Morgan fingerprint density at radius 2 is 1.93 bits per heavy atom. The smallest absolute Gasteiger partial charge is 0.276 e. The van der Waals surface area contributed by atoms with Crippen LogP contribution in [0.5, 0.6) is 0 Å². The van der Waals surface area contributed by atoms with Crippen LogP contribution in [0, 0.1) is 5.92 Å². The molecule has 0 unspecified atom stereocenters. The highest BCUT2D eigenvalue weighted by Crippen LogP contribution is 2.35. The number of anilines is 1. The molecule has 0 bridgehead atoms. The van der Waals surface area contributed by atoms with Gasteiger partial charge in [0.2, 0.25) is 5.91 Å². The van der Waals surface area contributed by atoms with Gasteiger partial charge in [0.05, 0.1) is 12.2 Å². The van der Waals surface area contributed by atoms with Gasteiger partial charge in [-0.2, -0.15) is 5.10 Å². The van der Waals surface area contributed by atoms with E-state index >= 15 is 0 Å². The number of rotatable bonds is 6. The summed E-state index contributed by atoms with van der Waals surface area (Å²) in [5.41, 5.74) is 2.97. The van der Waals surface area contributed by atoms with Gasteiger partial charge in [-0.25, -0.2) is 0 Å². The van der Waals surface area contributed by atoms with Crippen molar-refractivity contribution in [2.75, 3.05) is 5.32 Å². The minimum atomic E-state index is -0.254. The van der Waals surface area contributed by atoms with E-state index in [4.69, 9.17) is 4.74 Å². The summed E-state index contributed by atoms with van der Waals surface area (Å²) in [7, 11) is 0. The summed E-state index contributed by atoms with van der Waals surface area (Å²) in [5, 5.41) is 13.0. The average Bonchev–Trinajstić information content (AvgIpc) is 3.18. The summed E-state index contributed by atoms with van der Waals surface area (Å²) < 4.78 is 6.34. The standard InChI is InChI=1S/C23H32N4O3/c1-13(2)19-12-20(27-26-19)23(29)25-17-8-6-7-16(9-17)22-11-18(24-15(5)28)10-21(30-22)14(3)4/h6-9,12-14,18,21-22H,10-11H2,1-5H3,(H,24,28)(H,25,29)(H,26,27)/t18-,21-,22+/m1/s1. The van der Waals surface area contributed by atoms with E-state index in [0.717, 1.165) is 17.7 Å². The molecule has 1 aliphatic heterocycles. The Balaban J connectivity index is 1.74. The molecule has 1 saturated heterocycles. The molecule has 3 rings (SSSR count). The van der Waals surface area contributed by atoms with Gasteiger partial charge in [0.25, 0.3) is 5.91 Å². The Bertz CT molecular complexity index is 890. The van der Waals surface area contributed by atoms with E-state index < -0.39 is 0 Å². The van der Waals surface area contributed by atoms with Crippen LogP contribution in [0.1, 0.15) is 81.2 Å². The topological polar surface area (TPSA) is 96.1 Å². The second-order valence-electron chi connectivity index (χ2n) is 8.72. The Morgan fingerprint density at radius 1 is 1.17 bits per heavy atom. The number of nitrogens with zero attached hydrogens (tertiary/aromatic N) is 1. The van der Waals surface area contributed by atoms with Crippen LogP contribution >= 0.6 is 0 Å². The van der Waals surface area contributed by atoms with E-state index in [-0.39, 0.29) is 36.0 Å². The van der Waals surface area contributed by atoms with E-state index in [1.165, 1.54) is 0 Å². The molecule has 1 aromatic heterocycles. The van der Waals surface area contributed by atoms with Crippen molar-refractivity contribution in [1.82, 2.24) is 15.5 Å². The molecule has 30 heavy (non-hydrogen) atoms. The van der Waals surface area contributed by atoms with Gasteiger partial charge < -0.3 is 15.4 Å². The Morgan fingerprint density at radius 3 is 2.57 bits per heavy atom. The fourth-order valence-electron chi connectivity index (χ4n) is 3.77. The Kier molecular flexibility index (Phi) is 6.92. The van der Waals surface area contributed by atoms with Crippen LogP contribution in [0.15, 0.2) is 30.3 Å². The van der Waals surface area contributed by atoms with Gasteiger partial charge in [0, 0.05) is 24.3 Å². The lowest BCUT2D eigenvalue weighted by molar-refractivity contribution is -0.123. The van der Waals surface area contributed by atoms with E-state index in [1.54, 1.807) is 13.0 Å². The number of nitrogens with one attached hydrogen (secondary N) is 3. The quantitative estimate of drug-likeness (QED) is 0.664. The predicted molar refractivity (Wildman–Crippen MR) is 116 cm³/mol. The molecule has 1 aliphatic rings. The van der Waals surface area contributed by atoms with Gasteiger partial charge in [0.1, 0.15) is 0 Å². The van der Waals surface area contributed by atoms with Crippen LogP contribution in [0.2, 0.25) is 0 Å². The van der Waals surface area contributed by atoms with E-state index in [1.807, 2.05) is 38.1 Å². The lowest BCUT2D eigenvalue weighted by atomic mass is 9.89. The van der Waals surface area contributed by atoms with Crippen molar-refractivity contribution in [3.05, 3.63) is 47.3 Å². The molecule has 2 heterocycles. The molecular formula is C23H32N4O3. The maximum atomic E-state index is 12.6. The molecule has 0 saturated carbocycles. The summed E-state index contributed by atoms with van der Waals surface area (Å²) in [5.74, 6) is 0.345. The molecule has 0 spiro atoms. The molecule has 7 heteroatoms. The number of benzene rings is 1. The molecule has 0 aliphatic carbocycles. The zero-order valence-electron chi connectivity index (χ0n) is 18.4. The molecule has 1 aromatic carbocycles. The van der Waals surface area contributed by atoms with Gasteiger partial charge >= 0.3 is 0 Å². The van der Waals surface area contributed by atoms with Gasteiger partial charge in [-0.05, 0) is 48.4 Å². The first-order valence-electron chi connectivity index (χ1n) is 10.6. The van der Waals surface area contributed by atoms with Crippen molar-refractivity contribution in [3.63, 3.8) is 0 Å². The predicted octanol–water partition coefficient (Wildman–Crippen LogP) is 4.17. The number of hydrogen-bond donors (Lipinski definition) is 3. The minimum Gasteiger partial charge on any atom is -0.370 e. The van der Waals surface area contributed by atoms with Crippen LogP contribution in [0.3, 0.4) is 0 Å². The molecule has 3 N–H and O–H groups in total. The highest BCUT2D eigenvalue weighted by molar-refractivity contribution is 6.02. The first-order chi connectivity index (χ1) is 14.2. The van der Waals surface area contributed by atoms with Crippen molar-refractivity contribution >= 4 is 17.5 Å². The fourth-order valence-corrected chi connectivity index (χ4v) is 3.77. The number of aromatic amines is 1. The van der Waals surface area contributed by atoms with Gasteiger partial charge in [-0.15, -0.1) is 0 Å². The Hall–Kier alpha value is -2.67. The highest BCUT2D eigenvalue weighted by Gasteiger charge is 2.32. The summed E-state index contributed by atoms with van der Waals surface area (Å²) in [6, 6.07) is 9.55. The molecule has 2 aromatic rings. The third-order valence-electron chi connectivity index (χ3n) is 5.47. The van der Waals surface area contributed by atoms with Crippen molar-refractivity contribution in [2.45, 2.75) is 71.6 Å². The van der Waals surface area contributed by atoms with Gasteiger partial charge in [-0.3, -0.25) is 14.7 Å². The van der Waals surface area contributed by atoms with Crippen molar-refractivity contribution in [2.24, 2.45) is 5.92 Å². The number of amides is 2. The van der Waals surface area contributed by atoms with Crippen molar-refractivity contribution in [3.8, 4) is 0 Å². The molecule has 7 nitrogen and oxygen atoms in total. The van der Waals surface area contributed by atoms with Crippen LogP contribution in [-0.4, -0.2) is 34.2 Å². The normalized spacial score (nSPS) is 21.6. The molecular weight excluding hydrogens is 380 g/mol. The van der Waals surface area contributed by atoms with Gasteiger partial charge in [-0.1, -0.05) is 39.8 Å². The lowest BCUT2D eigenvalue weighted by Crippen LogP contribution is -2.43. The van der Waals surface area contributed by atoms with Crippen LogP contribution in [0.25, 0.3) is 0 Å². The zero-order valence-corrected chi connectivity index (χ0v) is 18.4. The van der Waals surface area contributed by atoms with E-state index in [0.29, 0.717) is 23.7 Å². The lowest BCUT2D eigenvalue weighted by Gasteiger charge is -2.38. The van der Waals surface area contributed by atoms with Crippen LogP contribution in [-0.2, 0) is 9.53 Å². The number of H-pyrrole nitrogens is 1. The minimum absolute atomic E-state index is 0.0241. The Labute approximate surface area is 178 Å². The number of ether oxygens (including phenoxy) is 1. The van der Waals surface area contributed by atoms with Crippen molar-refractivity contribution in [1.29, 1.82) is 0 Å². The highest BCUT2D eigenvalue weighted by atomic mass is 16.5. The number of carbonyl (C=O) groups is 2. The fraction of sp³-hybridized carbons (Fsp3) is 0.522. The van der Waals surface area contributed by atoms with E-state index in [2.05, 4.69) is 34.7 Å². The monoisotopic (exact) mass is 412 g/mol. The van der Waals surface area contributed by atoms with E-state index in [9.17, 15) is 9.59 Å². The van der Waals surface area contributed by atoms with Gasteiger partial charge in [0.15, 0.2) is 5.69 Å². The van der Waals surface area contributed by atoms with Crippen LogP contribution in [0.4, 0.5) is 5.69 Å². The maximum Gasteiger partial charge on any atom is 0.276 e. The summed E-state index contributed by atoms with van der Waals surface area (Å²) in [6.07, 6.45) is 1.44. The third kappa shape index (κ3) is 5.48. The largest absolute Gasteiger partial charge is 0.370 e. The zero-order chi connectivity index (χ0) is 21.8. The average molecular weight is 413 g/mol. The molecule has 0 radical (unpaired) electrons. The molecule has 1 fully saturated rings. The summed E-state index contributed by atoms with van der Waals surface area (Å²) in [6.45, 7) is 9.89.